The first-order chi connectivity index (χ1) is 33.0. The second-order valence-corrected chi connectivity index (χ2v) is 28.3. The third kappa shape index (κ3) is 12.2. The normalized spacial score (nSPS) is 16.9. The highest BCUT2D eigenvalue weighted by Gasteiger charge is 2.35. The molecule has 0 unspecified atom stereocenters. The molecule has 0 aliphatic carbocycles. The van der Waals surface area contributed by atoms with E-state index in [0.717, 1.165) is 40.7 Å². The molecule has 2 heterocycles. The lowest BCUT2D eigenvalue weighted by atomic mass is 10.2. The van der Waals surface area contributed by atoms with E-state index in [9.17, 15) is 42.1 Å². The van der Waals surface area contributed by atoms with Crippen LogP contribution in [0.5, 0.6) is 0 Å². The second-order valence-electron chi connectivity index (χ2n) is 17.3. The fourth-order valence-corrected chi connectivity index (χ4v) is 16.1. The van der Waals surface area contributed by atoms with Crippen LogP contribution in [0.2, 0.25) is 0 Å². The Balaban J connectivity index is 1.38. The van der Waals surface area contributed by atoms with Gasteiger partial charge in [-0.25, -0.2) is 42.1 Å². The molecule has 1 aliphatic rings. The highest BCUT2D eigenvalue weighted by molar-refractivity contribution is 7.90. The van der Waals surface area contributed by atoms with Crippen molar-refractivity contribution in [2.45, 2.75) is 72.2 Å². The van der Waals surface area contributed by atoms with Crippen molar-refractivity contribution < 1.29 is 42.1 Å². The van der Waals surface area contributed by atoms with Crippen molar-refractivity contribution in [3.05, 3.63) is 171 Å². The summed E-state index contributed by atoms with van der Waals surface area (Å²) in [4.78, 5) is 0.676. The maximum Gasteiger partial charge on any atom is 0.243 e. The van der Waals surface area contributed by atoms with E-state index in [0.29, 0.717) is 9.75 Å². The predicted molar refractivity (Wildman–Crippen MR) is 272 cm³/mol. The monoisotopic (exact) mass is 1070 g/mol. The number of fused-ring (bicyclic) bond motifs is 2. The number of rotatable bonds is 10. The molecular formula is C49H57N5O10S6. The van der Waals surface area contributed by atoms with E-state index in [1.54, 1.807) is 93.6 Å². The van der Waals surface area contributed by atoms with Gasteiger partial charge >= 0.3 is 0 Å². The average Bonchev–Trinajstić information content (AvgIpc) is 3.76. The molecule has 70 heavy (non-hydrogen) atoms. The van der Waals surface area contributed by atoms with E-state index in [2.05, 4.69) is 0 Å². The van der Waals surface area contributed by atoms with Crippen LogP contribution in [-0.2, 0) is 63.2 Å². The smallest absolute Gasteiger partial charge is 0.207 e. The van der Waals surface area contributed by atoms with Crippen LogP contribution < -0.4 is 0 Å². The lowest BCUT2D eigenvalue weighted by Gasteiger charge is -2.31. The second kappa shape index (κ2) is 21.6. The van der Waals surface area contributed by atoms with Gasteiger partial charge in [-0.1, -0.05) is 88.5 Å². The first-order valence-corrected chi connectivity index (χ1v) is 30.4. The van der Waals surface area contributed by atoms with Gasteiger partial charge in [0.25, 0.3) is 0 Å². The Morgan fingerprint density at radius 1 is 0.271 bits per heavy atom. The molecule has 6 aromatic rings. The number of thiophene rings is 1. The van der Waals surface area contributed by atoms with E-state index in [4.69, 9.17) is 0 Å². The van der Waals surface area contributed by atoms with Crippen molar-refractivity contribution in [3.63, 3.8) is 0 Å². The number of sulfonamides is 5. The highest BCUT2D eigenvalue weighted by atomic mass is 32.2. The molecule has 0 radical (unpaired) electrons. The summed E-state index contributed by atoms with van der Waals surface area (Å²) in [6, 6.07) is 34.2. The predicted octanol–water partition coefficient (Wildman–Crippen LogP) is 6.76. The minimum atomic E-state index is -4.48. The molecule has 374 valence electrons. The van der Waals surface area contributed by atoms with Crippen molar-refractivity contribution in [3.8, 4) is 0 Å². The lowest BCUT2D eigenvalue weighted by molar-refractivity contribution is 0.292. The summed E-state index contributed by atoms with van der Waals surface area (Å²) in [6.45, 7) is 5.15. The molecule has 0 amide bonds. The van der Waals surface area contributed by atoms with Gasteiger partial charge in [0.1, 0.15) is 0 Å². The van der Waals surface area contributed by atoms with Gasteiger partial charge in [0.15, 0.2) is 0 Å². The van der Waals surface area contributed by atoms with E-state index < -0.39 is 89.4 Å². The van der Waals surface area contributed by atoms with E-state index >= 15 is 0 Å². The number of aryl methyl sites for hydroxylation is 5. The minimum absolute atomic E-state index is 0.0270. The zero-order valence-corrected chi connectivity index (χ0v) is 44.4. The van der Waals surface area contributed by atoms with Crippen LogP contribution in [0, 0.1) is 34.6 Å². The van der Waals surface area contributed by atoms with Crippen LogP contribution >= 0.6 is 11.3 Å². The number of benzene rings is 5. The van der Waals surface area contributed by atoms with Crippen LogP contribution in [0.1, 0.15) is 37.6 Å². The maximum atomic E-state index is 14.8. The molecule has 0 atom stereocenters. The number of hydrogen-bond donors (Lipinski definition) is 0. The summed E-state index contributed by atoms with van der Waals surface area (Å²) < 4.78 is 152. The molecule has 15 nitrogen and oxygen atoms in total. The van der Waals surface area contributed by atoms with Gasteiger partial charge in [0.05, 0.1) is 24.5 Å². The van der Waals surface area contributed by atoms with Crippen LogP contribution in [0.4, 0.5) is 0 Å². The van der Waals surface area contributed by atoms with Crippen molar-refractivity contribution in [1.29, 1.82) is 0 Å². The van der Waals surface area contributed by atoms with Gasteiger partial charge in [-0.15, -0.1) is 11.3 Å². The summed E-state index contributed by atoms with van der Waals surface area (Å²) in [7, 11) is -21.9. The third-order valence-corrected chi connectivity index (χ3v) is 22.6. The Bertz CT molecular complexity index is 3160. The van der Waals surface area contributed by atoms with E-state index in [-0.39, 0.29) is 50.7 Å². The van der Waals surface area contributed by atoms with Crippen LogP contribution in [-0.4, -0.2) is 116 Å². The zero-order valence-electron chi connectivity index (χ0n) is 39.5. The summed E-state index contributed by atoms with van der Waals surface area (Å²) in [5, 5.41) is 0. The molecule has 0 N–H and O–H groups in total. The molecule has 0 spiro atoms. The average molecular weight is 1070 g/mol. The Morgan fingerprint density at radius 3 is 0.643 bits per heavy atom. The molecule has 0 saturated carbocycles. The van der Waals surface area contributed by atoms with Crippen molar-refractivity contribution >= 4 is 61.5 Å². The van der Waals surface area contributed by atoms with Crippen molar-refractivity contribution in [2.75, 3.05) is 52.4 Å². The van der Waals surface area contributed by atoms with Crippen molar-refractivity contribution in [2.24, 2.45) is 0 Å². The quantitative estimate of drug-likeness (QED) is 0.142. The largest absolute Gasteiger partial charge is 0.243 e. The molecule has 1 aromatic heterocycles. The summed E-state index contributed by atoms with van der Waals surface area (Å²) in [6.07, 6.45) is 0. The molecule has 7 rings (SSSR count). The third-order valence-electron chi connectivity index (χ3n) is 12.1. The van der Waals surface area contributed by atoms with Gasteiger partial charge in [-0.05, 0) is 107 Å². The molecule has 0 saturated heterocycles. The Hall–Kier alpha value is -4.65. The first kappa shape index (κ1) is 53.2. The van der Waals surface area contributed by atoms with E-state index in [1.165, 1.54) is 80.6 Å². The van der Waals surface area contributed by atoms with Gasteiger partial charge in [-0.2, -0.15) is 21.5 Å². The SMILES string of the molecule is Cc1ccc(S(=O)(=O)N2CCN(S(=O)(=O)c3ccc(C)cc3)CCN(S(=O)(=O)c3ccc(C)cc3)Cc3ccc(s3)CN(S(=O)(=O)c3ccc(C)cc3)CCN(S(=O)(=O)c3ccc(C)cc3)CC2)cc1. The molecule has 5 aromatic carbocycles. The van der Waals surface area contributed by atoms with Gasteiger partial charge in [0, 0.05) is 75.2 Å². The summed E-state index contributed by atoms with van der Waals surface area (Å²) >= 11 is 1.17. The molecule has 2 bridgehead atoms. The number of hydrogen-bond acceptors (Lipinski definition) is 11. The standard InChI is InChI=1S/C49H57N5O10S6/c1-38-6-18-45(19-7-38)66(55,56)50-28-30-51(67(57,58)46-20-8-39(2)9-21-46)32-34-53(69(61,62)48-24-12-41(4)13-25-48)36-43-16-17-44(65-43)37-54(70(63,64)49-26-14-42(5)15-27-49)35-33-52(31-29-50)68(59,60)47-22-10-40(3)11-23-47/h6-27H,28-37H2,1-5H3. The van der Waals surface area contributed by atoms with Crippen LogP contribution in [0.15, 0.2) is 158 Å². The number of nitrogens with zero attached hydrogens (tertiary/aromatic N) is 5. The molecule has 1 aliphatic heterocycles. The Kier molecular flexibility index (Phi) is 16.4. The van der Waals surface area contributed by atoms with Crippen LogP contribution in [0.3, 0.4) is 0 Å². The summed E-state index contributed by atoms with van der Waals surface area (Å²) in [5.74, 6) is 0. The fraction of sp³-hybridized carbons (Fsp3) is 0.306. The van der Waals surface area contributed by atoms with Crippen molar-refractivity contribution in [1.82, 2.24) is 21.5 Å². The van der Waals surface area contributed by atoms with E-state index in [1.807, 2.05) is 13.8 Å². The Morgan fingerprint density at radius 2 is 0.443 bits per heavy atom. The summed E-state index contributed by atoms with van der Waals surface area (Å²) in [5.41, 5.74) is 4.01. The zero-order chi connectivity index (χ0) is 50.6. The molecular weight excluding hydrogens is 1010 g/mol. The highest BCUT2D eigenvalue weighted by Crippen LogP contribution is 2.29. The van der Waals surface area contributed by atoms with Gasteiger partial charge in [-0.3, -0.25) is 0 Å². The van der Waals surface area contributed by atoms with Gasteiger partial charge < -0.3 is 0 Å². The lowest BCUT2D eigenvalue weighted by Crippen LogP contribution is -2.47. The minimum Gasteiger partial charge on any atom is -0.207 e. The van der Waals surface area contributed by atoms with Gasteiger partial charge in [0.2, 0.25) is 50.1 Å². The maximum absolute atomic E-state index is 14.8. The fourth-order valence-electron chi connectivity index (χ4n) is 7.75. The molecule has 0 fully saturated rings. The first-order valence-electron chi connectivity index (χ1n) is 22.4. The Labute approximate surface area is 417 Å². The van der Waals surface area contributed by atoms with Crippen LogP contribution in [0.25, 0.3) is 0 Å². The topological polar surface area (TPSA) is 187 Å². The molecule has 21 heteroatoms.